The van der Waals surface area contributed by atoms with Crippen LogP contribution in [0.1, 0.15) is 6.42 Å². The molecule has 1 aromatic carbocycles. The van der Waals surface area contributed by atoms with Gasteiger partial charge in [-0.25, -0.2) is 0 Å². The van der Waals surface area contributed by atoms with Crippen LogP contribution in [0.25, 0.3) is 0 Å². The van der Waals surface area contributed by atoms with Crippen molar-refractivity contribution in [2.45, 2.75) is 6.42 Å². The third-order valence-corrected chi connectivity index (χ3v) is 4.68. The fourth-order valence-corrected chi connectivity index (χ4v) is 2.95. The van der Waals surface area contributed by atoms with Gasteiger partial charge in [0.2, 0.25) is 0 Å². The van der Waals surface area contributed by atoms with Crippen LogP contribution in [0.2, 0.25) is 0 Å². The number of benzene rings is 1. The second-order valence-electron chi connectivity index (χ2n) is 3.77. The van der Waals surface area contributed by atoms with Gasteiger partial charge in [0.05, 0.1) is 6.61 Å². The molecular weight excluding hydrogens is 308 g/mol. The zero-order valence-corrected chi connectivity index (χ0v) is 12.5. The Morgan fingerprint density at radius 1 is 1.00 bits per heavy atom. The third-order valence-electron chi connectivity index (χ3n) is 1.73. The molecule has 20 heavy (non-hydrogen) atoms. The van der Waals surface area contributed by atoms with Crippen LogP contribution < -0.4 is 10.5 Å². The predicted molar refractivity (Wildman–Crippen MR) is 74.6 cm³/mol. The Bertz CT molecular complexity index is 436. The molecule has 0 aliphatic heterocycles. The van der Waals surface area contributed by atoms with Crippen molar-refractivity contribution in [1.82, 2.24) is 0 Å². The molecule has 0 saturated heterocycles. The molecule has 0 fully saturated rings. The first-order valence-electron chi connectivity index (χ1n) is 5.61. The smallest absolute Gasteiger partial charge is 0.337 e. The van der Waals surface area contributed by atoms with E-state index in [9.17, 15) is 9.13 Å². The quantitative estimate of drug-likeness (QED) is 0.379. The second kappa shape index (κ2) is 9.26. The van der Waals surface area contributed by atoms with Crippen LogP contribution in [0, 0.1) is 0 Å². The molecule has 0 heterocycles. The van der Waals surface area contributed by atoms with Crippen LogP contribution in [0.3, 0.4) is 0 Å². The number of ether oxygens (including phenoxy) is 1. The summed E-state index contributed by atoms with van der Waals surface area (Å²) in [6.07, 6.45) is 0.912. The van der Waals surface area contributed by atoms with Crippen LogP contribution in [0.5, 0.6) is 5.75 Å². The fraction of sp³-hybridized carbons (Fsp3) is 0.400. The van der Waals surface area contributed by atoms with E-state index in [1.807, 2.05) is 30.3 Å². The van der Waals surface area contributed by atoms with Gasteiger partial charge in [-0.15, -0.1) is 0 Å². The summed E-state index contributed by atoms with van der Waals surface area (Å²) in [6, 6.07) is 9.76. The van der Waals surface area contributed by atoms with Gasteiger partial charge in [-0.3, -0.25) is 9.13 Å². The van der Waals surface area contributed by atoms with Gasteiger partial charge in [0.15, 0.2) is 5.90 Å². The van der Waals surface area contributed by atoms with E-state index in [0.29, 0.717) is 13.2 Å². The molecule has 1 aromatic rings. The van der Waals surface area contributed by atoms with Crippen molar-refractivity contribution in [2.24, 2.45) is 5.73 Å². The van der Waals surface area contributed by atoms with E-state index in [1.165, 1.54) is 0 Å². The Labute approximate surface area is 116 Å². The first-order chi connectivity index (χ1) is 9.14. The molecule has 0 aromatic heterocycles. The fourth-order valence-electron chi connectivity index (χ4n) is 1.03. The average Bonchev–Trinajstić information content (AvgIpc) is 2.27. The molecule has 0 spiro atoms. The molecule has 0 unspecified atom stereocenters. The van der Waals surface area contributed by atoms with Crippen molar-refractivity contribution in [1.29, 1.82) is 0 Å². The minimum Gasteiger partial charge on any atom is -0.494 e. The highest BCUT2D eigenvalue weighted by Crippen LogP contribution is 2.51. The Hall–Kier alpha value is -0.720. The molecule has 0 aliphatic carbocycles. The van der Waals surface area contributed by atoms with Gasteiger partial charge < -0.3 is 30.0 Å². The van der Waals surface area contributed by atoms with Crippen molar-refractivity contribution >= 4 is 15.2 Å². The molecular formula is C10H19NO7P2. The molecule has 0 atom stereocenters. The first kappa shape index (κ1) is 19.3. The van der Waals surface area contributed by atoms with Crippen LogP contribution in [0.15, 0.2) is 30.3 Å². The van der Waals surface area contributed by atoms with Gasteiger partial charge in [0.1, 0.15) is 5.75 Å². The summed E-state index contributed by atoms with van der Waals surface area (Å²) >= 11 is 0. The highest BCUT2D eigenvalue weighted by Gasteiger charge is 2.26. The maximum absolute atomic E-state index is 9.85. The van der Waals surface area contributed by atoms with E-state index in [0.717, 1.165) is 12.2 Å². The lowest BCUT2D eigenvalue weighted by atomic mass is 10.3. The molecule has 0 aliphatic rings. The molecule has 10 heteroatoms. The SMILES string of the molecule is NCCCOc1ccccc1.O=P(O)(O)CP(=O)(O)O. The Kier molecular flexibility index (Phi) is 8.93. The van der Waals surface area contributed by atoms with Gasteiger partial charge >= 0.3 is 15.2 Å². The molecule has 0 bridgehead atoms. The van der Waals surface area contributed by atoms with Crippen molar-refractivity contribution in [3.05, 3.63) is 30.3 Å². The second-order valence-corrected chi connectivity index (χ2v) is 7.56. The molecule has 6 N–H and O–H groups in total. The first-order valence-corrected chi connectivity index (χ1v) is 9.20. The highest BCUT2D eigenvalue weighted by atomic mass is 31.2. The van der Waals surface area contributed by atoms with Gasteiger partial charge in [0, 0.05) is 0 Å². The summed E-state index contributed by atoms with van der Waals surface area (Å²) in [5.74, 6) is -0.457. The van der Waals surface area contributed by atoms with Crippen molar-refractivity contribution in [2.75, 3.05) is 19.1 Å². The largest absolute Gasteiger partial charge is 0.494 e. The summed E-state index contributed by atoms with van der Waals surface area (Å²) in [4.78, 5) is 31.9. The number of nitrogens with two attached hydrogens (primary N) is 1. The molecule has 116 valence electrons. The Morgan fingerprint density at radius 2 is 1.50 bits per heavy atom. The Balaban J connectivity index is 0.000000370. The third kappa shape index (κ3) is 13.7. The maximum atomic E-state index is 9.85. The van der Waals surface area contributed by atoms with Gasteiger partial charge in [-0.2, -0.15) is 0 Å². The van der Waals surface area contributed by atoms with Crippen LogP contribution in [-0.4, -0.2) is 38.6 Å². The van der Waals surface area contributed by atoms with Gasteiger partial charge in [0.25, 0.3) is 0 Å². The minimum atomic E-state index is -4.55. The minimum absolute atomic E-state index is 0.687. The van der Waals surface area contributed by atoms with E-state index in [-0.39, 0.29) is 0 Å². The molecule has 0 radical (unpaired) electrons. The van der Waals surface area contributed by atoms with Crippen LogP contribution >= 0.6 is 15.2 Å². The van der Waals surface area contributed by atoms with E-state index in [2.05, 4.69) is 0 Å². The monoisotopic (exact) mass is 327 g/mol. The lowest BCUT2D eigenvalue weighted by molar-refractivity contribution is 0.313. The summed E-state index contributed by atoms with van der Waals surface area (Å²) < 4.78 is 25.1. The molecule has 0 saturated carbocycles. The average molecular weight is 327 g/mol. The van der Waals surface area contributed by atoms with E-state index in [4.69, 9.17) is 30.0 Å². The zero-order valence-electron chi connectivity index (χ0n) is 10.7. The molecule has 0 amide bonds. The summed E-state index contributed by atoms with van der Waals surface area (Å²) in [7, 11) is -9.10. The van der Waals surface area contributed by atoms with Crippen LogP contribution in [0.4, 0.5) is 0 Å². The van der Waals surface area contributed by atoms with Crippen molar-refractivity contribution < 1.29 is 33.4 Å². The molecule has 8 nitrogen and oxygen atoms in total. The maximum Gasteiger partial charge on any atom is 0.337 e. The number of hydrogen-bond donors (Lipinski definition) is 5. The lowest BCUT2D eigenvalue weighted by Crippen LogP contribution is -2.05. The van der Waals surface area contributed by atoms with Crippen molar-refractivity contribution in [3.8, 4) is 5.75 Å². The van der Waals surface area contributed by atoms with E-state index in [1.54, 1.807) is 0 Å². The molecule has 1 rings (SSSR count). The summed E-state index contributed by atoms with van der Waals surface area (Å²) in [6.45, 7) is 1.40. The van der Waals surface area contributed by atoms with E-state index < -0.39 is 21.1 Å². The standard InChI is InChI=1S/C9H13NO.CH6O6P2/c10-7-4-8-11-9-5-2-1-3-6-9;2-8(3,4)1-9(5,6)7/h1-3,5-6H,4,7-8,10H2;1H2,(H2,2,3,4)(H2,5,6,7). The van der Waals surface area contributed by atoms with Gasteiger partial charge in [-0.05, 0) is 25.1 Å². The van der Waals surface area contributed by atoms with Gasteiger partial charge in [-0.1, -0.05) is 18.2 Å². The highest BCUT2D eigenvalue weighted by molar-refractivity contribution is 7.69. The van der Waals surface area contributed by atoms with Crippen molar-refractivity contribution in [3.63, 3.8) is 0 Å². The summed E-state index contributed by atoms with van der Waals surface area (Å²) in [5.41, 5.74) is 5.31. The summed E-state index contributed by atoms with van der Waals surface area (Å²) in [5, 5.41) is 0. The number of hydrogen-bond acceptors (Lipinski definition) is 4. The van der Waals surface area contributed by atoms with Crippen LogP contribution in [-0.2, 0) is 9.13 Å². The predicted octanol–water partition coefficient (Wildman–Crippen LogP) is 0.714. The number of rotatable bonds is 6. The Morgan fingerprint density at radius 3 is 1.85 bits per heavy atom. The topological polar surface area (TPSA) is 150 Å². The number of para-hydroxylation sites is 1. The lowest BCUT2D eigenvalue weighted by Gasteiger charge is -2.03. The van der Waals surface area contributed by atoms with E-state index >= 15 is 0 Å². The normalized spacial score (nSPS) is 11.4. The zero-order chi connectivity index (χ0) is 15.6.